The number of alkyl halides is 3. The number of halogens is 3. The molecule has 0 saturated heterocycles. The van der Waals surface area contributed by atoms with Gasteiger partial charge in [-0.1, -0.05) is 4.98 Å². The monoisotopic (exact) mass is 252 g/mol. The van der Waals surface area contributed by atoms with Gasteiger partial charge in [-0.25, -0.2) is 4.57 Å². The summed E-state index contributed by atoms with van der Waals surface area (Å²) in [4.78, 5) is 23.9. The van der Waals surface area contributed by atoms with E-state index in [0.717, 1.165) is 17.0 Å². The van der Waals surface area contributed by atoms with Gasteiger partial charge in [-0.15, -0.1) is 0 Å². The topological polar surface area (TPSA) is 90.1 Å². The zero-order valence-electron chi connectivity index (χ0n) is 8.27. The molecule has 10 heteroatoms. The minimum Gasteiger partial charge on any atom is -0.390 e. The van der Waals surface area contributed by atoms with E-state index in [1.165, 1.54) is 0 Å². The van der Waals surface area contributed by atoms with Gasteiger partial charge in [0.1, 0.15) is 18.9 Å². The van der Waals surface area contributed by atoms with Crippen LogP contribution in [0.15, 0.2) is 12.4 Å². The lowest BCUT2D eigenvalue weighted by molar-refractivity contribution is -0.396. The number of rotatable bonds is 4. The second-order valence-corrected chi connectivity index (χ2v) is 3.00. The van der Waals surface area contributed by atoms with E-state index in [4.69, 9.17) is 0 Å². The van der Waals surface area contributed by atoms with Crippen LogP contribution in [0.4, 0.5) is 19.1 Å². The molecule has 0 bridgehead atoms. The number of hydrogen-bond donors (Lipinski definition) is 1. The van der Waals surface area contributed by atoms with Gasteiger partial charge in [0, 0.05) is 0 Å². The average molecular weight is 252 g/mol. The summed E-state index contributed by atoms with van der Waals surface area (Å²) >= 11 is 0. The lowest BCUT2D eigenvalue weighted by atomic mass is 10.5. The summed E-state index contributed by atoms with van der Waals surface area (Å²) in [6, 6.07) is 0. The molecule has 1 aromatic heterocycles. The van der Waals surface area contributed by atoms with Gasteiger partial charge in [0.2, 0.25) is 0 Å². The summed E-state index contributed by atoms with van der Waals surface area (Å²) in [6.07, 6.45) is -2.31. The Bertz CT molecular complexity index is 428. The quantitative estimate of drug-likeness (QED) is 0.623. The highest BCUT2D eigenvalue weighted by Crippen LogP contribution is 2.12. The lowest BCUT2D eigenvalue weighted by Gasteiger charge is -2.07. The van der Waals surface area contributed by atoms with Gasteiger partial charge in [0.25, 0.3) is 5.91 Å². The van der Waals surface area contributed by atoms with Crippen LogP contribution in [0.1, 0.15) is 0 Å². The minimum atomic E-state index is -4.52. The van der Waals surface area contributed by atoms with Gasteiger partial charge in [0.05, 0.1) is 0 Å². The van der Waals surface area contributed by atoms with Crippen molar-refractivity contribution in [3.05, 3.63) is 22.5 Å². The molecule has 1 heterocycles. The van der Waals surface area contributed by atoms with E-state index in [0.29, 0.717) is 0 Å². The molecule has 1 N–H and O–H groups in total. The van der Waals surface area contributed by atoms with E-state index in [9.17, 15) is 28.1 Å². The molecular weight excluding hydrogens is 245 g/mol. The number of imidazole rings is 1. The molecule has 0 aliphatic heterocycles. The third-order valence-electron chi connectivity index (χ3n) is 1.66. The smallest absolute Gasteiger partial charge is 0.390 e. The highest BCUT2D eigenvalue weighted by Gasteiger charge is 2.28. The van der Waals surface area contributed by atoms with E-state index in [1.54, 1.807) is 5.32 Å². The summed E-state index contributed by atoms with van der Waals surface area (Å²) in [5.41, 5.74) is 0. The maximum absolute atomic E-state index is 11.8. The van der Waals surface area contributed by atoms with Crippen LogP contribution in [0, 0.1) is 10.1 Å². The normalized spacial score (nSPS) is 11.2. The van der Waals surface area contributed by atoms with Crippen LogP contribution < -0.4 is 5.32 Å². The third kappa shape index (κ3) is 4.09. The maximum Gasteiger partial charge on any atom is 0.435 e. The number of carbonyl (C=O) groups excluding carboxylic acids is 1. The van der Waals surface area contributed by atoms with Gasteiger partial charge in [-0.2, -0.15) is 13.2 Å². The fourth-order valence-electron chi connectivity index (χ4n) is 1.01. The molecule has 0 atom stereocenters. The summed E-state index contributed by atoms with van der Waals surface area (Å²) in [6.45, 7) is -2.07. The Kier molecular flexibility index (Phi) is 3.66. The molecule has 1 aromatic rings. The van der Waals surface area contributed by atoms with Crippen LogP contribution >= 0.6 is 0 Å². The Morgan fingerprint density at radius 1 is 1.59 bits per heavy atom. The van der Waals surface area contributed by atoms with Crippen molar-refractivity contribution >= 4 is 11.9 Å². The standard InChI is InChI=1S/C7H7F3N4O3/c8-7(9,10)4-12-5(15)3-13-2-1-11-6(13)14(16)17/h1-2H,3-4H2,(H,12,15). The molecule has 0 radical (unpaired) electrons. The Morgan fingerprint density at radius 2 is 2.24 bits per heavy atom. The van der Waals surface area contributed by atoms with Crippen molar-refractivity contribution in [3.63, 3.8) is 0 Å². The SMILES string of the molecule is O=C(Cn1ccnc1[N+](=O)[O-])NCC(F)(F)F. The Balaban J connectivity index is 2.57. The molecule has 0 spiro atoms. The average Bonchev–Trinajstić information content (AvgIpc) is 2.62. The number of nitro groups is 1. The Hall–Kier alpha value is -2.13. The number of aromatic nitrogens is 2. The van der Waals surface area contributed by atoms with E-state index >= 15 is 0 Å². The number of carbonyl (C=O) groups is 1. The van der Waals surface area contributed by atoms with Crippen molar-refractivity contribution in [1.29, 1.82) is 0 Å². The summed E-state index contributed by atoms with van der Waals surface area (Å²) < 4.78 is 36.1. The van der Waals surface area contributed by atoms with E-state index in [1.807, 2.05) is 0 Å². The van der Waals surface area contributed by atoms with E-state index < -0.39 is 36.0 Å². The van der Waals surface area contributed by atoms with Crippen LogP contribution in [-0.2, 0) is 11.3 Å². The van der Waals surface area contributed by atoms with Gasteiger partial charge >= 0.3 is 12.1 Å². The van der Waals surface area contributed by atoms with Gasteiger partial charge < -0.3 is 15.4 Å². The fraction of sp³-hybridized carbons (Fsp3) is 0.429. The summed E-state index contributed by atoms with van der Waals surface area (Å²) in [7, 11) is 0. The summed E-state index contributed by atoms with van der Waals surface area (Å²) in [5.74, 6) is -1.59. The molecule has 7 nitrogen and oxygen atoms in total. The lowest BCUT2D eigenvalue weighted by Crippen LogP contribution is -2.35. The number of hydrogen-bond acceptors (Lipinski definition) is 4. The zero-order chi connectivity index (χ0) is 13.1. The van der Waals surface area contributed by atoms with Crippen LogP contribution in [0.3, 0.4) is 0 Å². The molecule has 1 amide bonds. The van der Waals surface area contributed by atoms with Crippen molar-refractivity contribution in [2.24, 2.45) is 0 Å². The van der Waals surface area contributed by atoms with Crippen LogP contribution in [0.2, 0.25) is 0 Å². The third-order valence-corrected chi connectivity index (χ3v) is 1.66. The minimum absolute atomic E-state index is 0.591. The van der Waals surface area contributed by atoms with Crippen molar-refractivity contribution in [1.82, 2.24) is 14.9 Å². The largest absolute Gasteiger partial charge is 0.435 e. The Morgan fingerprint density at radius 3 is 2.76 bits per heavy atom. The van der Waals surface area contributed by atoms with Crippen LogP contribution in [0.5, 0.6) is 0 Å². The van der Waals surface area contributed by atoms with Crippen molar-refractivity contribution in [2.45, 2.75) is 12.7 Å². The first-order chi connectivity index (χ1) is 7.79. The number of nitrogens with one attached hydrogen (secondary N) is 1. The van der Waals surface area contributed by atoms with Crippen molar-refractivity contribution in [3.8, 4) is 0 Å². The highest BCUT2D eigenvalue weighted by atomic mass is 19.4. The molecule has 17 heavy (non-hydrogen) atoms. The van der Waals surface area contributed by atoms with Gasteiger partial charge in [-0.3, -0.25) is 4.79 Å². The maximum atomic E-state index is 11.8. The molecule has 0 saturated carbocycles. The van der Waals surface area contributed by atoms with Gasteiger partial charge in [0.15, 0.2) is 6.54 Å². The molecule has 1 rings (SSSR count). The summed E-state index contributed by atoms with van der Waals surface area (Å²) in [5, 5.41) is 12.0. The van der Waals surface area contributed by atoms with Crippen LogP contribution in [0.25, 0.3) is 0 Å². The van der Waals surface area contributed by atoms with Crippen molar-refractivity contribution < 1.29 is 22.9 Å². The highest BCUT2D eigenvalue weighted by molar-refractivity contribution is 5.75. The molecule has 0 aliphatic rings. The fourth-order valence-corrected chi connectivity index (χ4v) is 1.01. The predicted molar refractivity (Wildman–Crippen MR) is 47.9 cm³/mol. The molecular formula is C7H7F3N4O3. The molecule has 0 unspecified atom stereocenters. The van der Waals surface area contributed by atoms with Gasteiger partial charge in [-0.05, 0) is 4.92 Å². The number of amides is 1. The zero-order valence-corrected chi connectivity index (χ0v) is 8.27. The second kappa shape index (κ2) is 4.80. The first kappa shape index (κ1) is 12.9. The first-order valence-electron chi connectivity index (χ1n) is 4.28. The second-order valence-electron chi connectivity index (χ2n) is 3.00. The molecule has 94 valence electrons. The molecule has 0 fully saturated rings. The van der Waals surface area contributed by atoms with E-state index in [-0.39, 0.29) is 0 Å². The van der Waals surface area contributed by atoms with E-state index in [2.05, 4.69) is 4.98 Å². The van der Waals surface area contributed by atoms with Crippen molar-refractivity contribution in [2.75, 3.05) is 6.54 Å². The molecule has 0 aliphatic carbocycles. The molecule has 0 aromatic carbocycles. The first-order valence-corrected chi connectivity index (χ1v) is 4.28. The predicted octanol–water partition coefficient (Wildman–Crippen LogP) is 0.470. The Labute approximate surface area is 92.4 Å². The number of nitrogens with zero attached hydrogens (tertiary/aromatic N) is 3. The van der Waals surface area contributed by atoms with Crippen LogP contribution in [-0.4, -0.2) is 33.1 Å².